The van der Waals surface area contributed by atoms with E-state index >= 15 is 0 Å². The molecule has 4 aliphatic rings. The molecule has 5 atom stereocenters. The van der Waals surface area contributed by atoms with Crippen LogP contribution in [-0.2, 0) is 9.57 Å². The van der Waals surface area contributed by atoms with Crippen molar-refractivity contribution in [1.82, 2.24) is 5.06 Å². The van der Waals surface area contributed by atoms with Gasteiger partial charge in [-0.1, -0.05) is 12.2 Å². The number of hydrogen-bond donors (Lipinski definition) is 0. The molecule has 2 aliphatic carbocycles. The second-order valence-electron chi connectivity index (χ2n) is 5.65. The van der Waals surface area contributed by atoms with E-state index in [4.69, 9.17) is 9.57 Å². The van der Waals surface area contributed by atoms with Gasteiger partial charge in [-0.25, -0.2) is 0 Å². The van der Waals surface area contributed by atoms with Crippen molar-refractivity contribution in [3.63, 3.8) is 0 Å². The van der Waals surface area contributed by atoms with E-state index < -0.39 is 0 Å². The summed E-state index contributed by atoms with van der Waals surface area (Å²) in [6.45, 7) is 4.00. The highest BCUT2D eigenvalue weighted by molar-refractivity contribution is 5.30. The van der Waals surface area contributed by atoms with E-state index in [0.717, 1.165) is 13.2 Å². The van der Waals surface area contributed by atoms with Gasteiger partial charge in [-0.2, -0.15) is 5.06 Å². The second kappa shape index (κ2) is 2.31. The number of allylic oxidation sites excluding steroid dienone is 1. The summed E-state index contributed by atoms with van der Waals surface area (Å²) in [7, 11) is 2.06. The minimum absolute atomic E-state index is 0.0116. The Morgan fingerprint density at radius 1 is 1.33 bits per heavy atom. The van der Waals surface area contributed by atoms with Crippen molar-refractivity contribution in [3.8, 4) is 0 Å². The summed E-state index contributed by atoms with van der Waals surface area (Å²) in [5.74, 6) is 1.27. The van der Waals surface area contributed by atoms with Gasteiger partial charge in [0, 0.05) is 13.0 Å². The van der Waals surface area contributed by atoms with E-state index in [9.17, 15) is 0 Å². The van der Waals surface area contributed by atoms with E-state index in [1.807, 2.05) is 0 Å². The summed E-state index contributed by atoms with van der Waals surface area (Å²) in [5, 5.41) is 2.05. The lowest BCUT2D eigenvalue weighted by Crippen LogP contribution is -2.50. The molecule has 2 bridgehead atoms. The maximum Gasteiger partial charge on any atom is 0.103 e. The molecule has 0 unspecified atom stereocenters. The van der Waals surface area contributed by atoms with Crippen LogP contribution in [0.1, 0.15) is 13.3 Å². The average Bonchev–Trinajstić information content (AvgIpc) is 2.88. The summed E-state index contributed by atoms with van der Waals surface area (Å²) in [5.41, 5.74) is 0.226. The highest BCUT2D eigenvalue weighted by Gasteiger charge is 2.74. The van der Waals surface area contributed by atoms with Gasteiger partial charge in [-0.15, -0.1) is 0 Å². The molecule has 2 aliphatic heterocycles. The van der Waals surface area contributed by atoms with Crippen LogP contribution in [0, 0.1) is 17.3 Å². The van der Waals surface area contributed by atoms with Crippen LogP contribution in [0.4, 0.5) is 0 Å². The normalized spacial score (nSPS) is 61.3. The minimum Gasteiger partial charge on any atom is -0.379 e. The summed E-state index contributed by atoms with van der Waals surface area (Å²) >= 11 is 0. The Labute approximate surface area is 90.0 Å². The fourth-order valence-corrected chi connectivity index (χ4v) is 4.56. The summed E-state index contributed by atoms with van der Waals surface area (Å²) in [6, 6.07) is 0.461. The zero-order valence-corrected chi connectivity index (χ0v) is 9.27. The van der Waals surface area contributed by atoms with E-state index in [0.29, 0.717) is 17.9 Å². The summed E-state index contributed by atoms with van der Waals surface area (Å²) < 4.78 is 5.75. The van der Waals surface area contributed by atoms with Crippen LogP contribution in [0.25, 0.3) is 0 Å². The predicted octanol–water partition coefficient (Wildman–Crippen LogP) is 1.21. The maximum absolute atomic E-state index is 6.17. The van der Waals surface area contributed by atoms with Crippen LogP contribution in [0.3, 0.4) is 0 Å². The van der Waals surface area contributed by atoms with Crippen molar-refractivity contribution in [3.05, 3.63) is 12.2 Å². The van der Waals surface area contributed by atoms with Crippen LogP contribution in [0.15, 0.2) is 12.2 Å². The van der Waals surface area contributed by atoms with Crippen molar-refractivity contribution < 1.29 is 9.57 Å². The van der Waals surface area contributed by atoms with E-state index in [1.165, 1.54) is 6.42 Å². The van der Waals surface area contributed by atoms with Crippen LogP contribution in [0.5, 0.6) is 0 Å². The summed E-state index contributed by atoms with van der Waals surface area (Å²) in [4.78, 5) is 6.17. The van der Waals surface area contributed by atoms with E-state index in [-0.39, 0.29) is 11.0 Å². The fraction of sp³-hybridized carbons (Fsp3) is 0.833. The standard InChI is InChI=1S/C12H17NO2/c1-11-8-3-4-9(5-8)12(11)7-14-6-10(12)13(2)15-11/h3-4,8-10H,5-7H2,1-2H3/t8-,9+,10+,11+,12+/m1/s1. The van der Waals surface area contributed by atoms with Gasteiger partial charge in [-0.05, 0) is 19.3 Å². The predicted molar refractivity (Wildman–Crippen MR) is 55.0 cm³/mol. The van der Waals surface area contributed by atoms with Crippen molar-refractivity contribution in [1.29, 1.82) is 0 Å². The molecular weight excluding hydrogens is 190 g/mol. The average molecular weight is 207 g/mol. The smallest absolute Gasteiger partial charge is 0.103 e. The van der Waals surface area contributed by atoms with Gasteiger partial charge >= 0.3 is 0 Å². The molecule has 82 valence electrons. The van der Waals surface area contributed by atoms with Crippen molar-refractivity contribution in [2.45, 2.75) is 25.0 Å². The largest absolute Gasteiger partial charge is 0.379 e. The zero-order valence-electron chi connectivity index (χ0n) is 9.27. The number of ether oxygens (including phenoxy) is 1. The Balaban J connectivity index is 1.92. The van der Waals surface area contributed by atoms with Gasteiger partial charge in [0.2, 0.25) is 0 Å². The Morgan fingerprint density at radius 3 is 3.00 bits per heavy atom. The zero-order chi connectivity index (χ0) is 10.3. The van der Waals surface area contributed by atoms with Gasteiger partial charge in [0.05, 0.1) is 24.7 Å². The molecule has 4 rings (SSSR count). The van der Waals surface area contributed by atoms with Gasteiger partial charge in [-0.3, -0.25) is 4.84 Å². The minimum atomic E-state index is -0.0116. The Hall–Kier alpha value is -0.380. The number of rotatable bonds is 0. The monoisotopic (exact) mass is 207 g/mol. The van der Waals surface area contributed by atoms with Gasteiger partial charge in [0.1, 0.15) is 5.60 Å². The number of hydroxylamine groups is 2. The number of nitrogens with zero attached hydrogens (tertiary/aromatic N) is 1. The van der Waals surface area contributed by atoms with Crippen LogP contribution in [0.2, 0.25) is 0 Å². The van der Waals surface area contributed by atoms with E-state index in [2.05, 4.69) is 31.2 Å². The third-order valence-corrected chi connectivity index (χ3v) is 5.36. The maximum atomic E-state index is 6.17. The lowest BCUT2D eigenvalue weighted by atomic mass is 9.64. The topological polar surface area (TPSA) is 21.7 Å². The van der Waals surface area contributed by atoms with Gasteiger partial charge < -0.3 is 4.74 Å². The molecule has 15 heavy (non-hydrogen) atoms. The Bertz CT molecular complexity index is 356. The lowest BCUT2D eigenvalue weighted by Gasteiger charge is -2.40. The first-order valence-corrected chi connectivity index (χ1v) is 5.86. The van der Waals surface area contributed by atoms with E-state index in [1.54, 1.807) is 0 Å². The molecular formula is C12H17NO2. The third kappa shape index (κ3) is 0.690. The first-order chi connectivity index (χ1) is 7.18. The van der Waals surface area contributed by atoms with Crippen LogP contribution in [-0.4, -0.2) is 37.0 Å². The molecule has 3 heteroatoms. The first kappa shape index (κ1) is 8.74. The van der Waals surface area contributed by atoms with Crippen molar-refractivity contribution >= 4 is 0 Å². The molecule has 0 amide bonds. The lowest BCUT2D eigenvalue weighted by molar-refractivity contribution is -0.210. The second-order valence-corrected chi connectivity index (χ2v) is 5.65. The van der Waals surface area contributed by atoms with Gasteiger partial charge in [0.15, 0.2) is 0 Å². The van der Waals surface area contributed by atoms with Crippen LogP contribution >= 0.6 is 0 Å². The highest BCUT2D eigenvalue weighted by atomic mass is 16.7. The highest BCUT2D eigenvalue weighted by Crippen LogP contribution is 2.67. The SMILES string of the molecule is CN1O[C@@]2(C)[C@@H]3C=C[C@@H](C3)[C@]23COC[C@H]13. The fourth-order valence-electron chi connectivity index (χ4n) is 4.56. The molecule has 1 saturated carbocycles. The molecule has 0 aromatic rings. The molecule has 0 aromatic carbocycles. The van der Waals surface area contributed by atoms with Crippen molar-refractivity contribution in [2.75, 3.05) is 20.3 Å². The molecule has 3 fully saturated rings. The molecule has 3 nitrogen and oxygen atoms in total. The Morgan fingerprint density at radius 2 is 2.13 bits per heavy atom. The van der Waals surface area contributed by atoms with Crippen LogP contribution < -0.4 is 0 Å². The number of fused-ring (bicyclic) bond motifs is 3. The van der Waals surface area contributed by atoms with Crippen molar-refractivity contribution in [2.24, 2.45) is 17.3 Å². The number of likely N-dealkylation sites (N-methyl/N-ethyl adjacent to an activating group) is 1. The molecule has 0 aromatic heterocycles. The quantitative estimate of drug-likeness (QED) is 0.557. The number of hydrogen-bond acceptors (Lipinski definition) is 3. The third-order valence-electron chi connectivity index (χ3n) is 5.36. The Kier molecular flexibility index (Phi) is 1.35. The molecule has 0 radical (unpaired) electrons. The molecule has 0 N–H and O–H groups in total. The molecule has 1 spiro atoms. The molecule has 2 saturated heterocycles. The summed E-state index contributed by atoms with van der Waals surface area (Å²) in [6.07, 6.45) is 6.02. The first-order valence-electron chi connectivity index (χ1n) is 5.86. The molecule has 2 heterocycles. The van der Waals surface area contributed by atoms with Gasteiger partial charge in [0.25, 0.3) is 0 Å².